The lowest BCUT2D eigenvalue weighted by Gasteiger charge is -2.18. The van der Waals surface area contributed by atoms with Crippen LogP contribution in [-0.4, -0.2) is 37.2 Å². The molecule has 83 heavy (non-hydrogen) atoms. The predicted octanol–water partition coefficient (Wildman–Crippen LogP) is 25.9. The highest BCUT2D eigenvalue weighted by Gasteiger charge is 2.20. The van der Waals surface area contributed by atoms with Crippen molar-refractivity contribution in [3.05, 3.63) is 36.5 Å². The van der Waals surface area contributed by atoms with Crippen molar-refractivity contribution in [2.75, 3.05) is 13.2 Å². The van der Waals surface area contributed by atoms with E-state index in [2.05, 4.69) is 57.2 Å². The highest BCUT2D eigenvalue weighted by Crippen LogP contribution is 2.19. The van der Waals surface area contributed by atoms with Crippen molar-refractivity contribution >= 4 is 17.9 Å². The van der Waals surface area contributed by atoms with Crippen molar-refractivity contribution in [2.24, 2.45) is 0 Å². The fourth-order valence-electron chi connectivity index (χ4n) is 11.5. The highest BCUT2D eigenvalue weighted by molar-refractivity contribution is 5.71. The van der Waals surface area contributed by atoms with Crippen LogP contribution in [0.15, 0.2) is 36.5 Å². The first-order valence-electron chi connectivity index (χ1n) is 37.5. The number of rotatable bonds is 70. The number of carbonyl (C=O) groups excluding carboxylic acids is 3. The predicted molar refractivity (Wildman–Crippen MR) is 362 cm³/mol. The smallest absolute Gasteiger partial charge is 0.306 e. The maximum Gasteiger partial charge on any atom is 0.306 e. The Morgan fingerprint density at radius 3 is 0.675 bits per heavy atom. The van der Waals surface area contributed by atoms with Crippen LogP contribution in [0.25, 0.3) is 0 Å². The van der Waals surface area contributed by atoms with Crippen molar-refractivity contribution in [1.29, 1.82) is 0 Å². The van der Waals surface area contributed by atoms with E-state index in [0.29, 0.717) is 19.3 Å². The van der Waals surface area contributed by atoms with Crippen LogP contribution in [0.2, 0.25) is 0 Å². The van der Waals surface area contributed by atoms with Crippen molar-refractivity contribution < 1.29 is 28.6 Å². The Balaban J connectivity index is 4.15. The molecule has 0 N–H and O–H groups in total. The van der Waals surface area contributed by atoms with Crippen LogP contribution < -0.4 is 0 Å². The van der Waals surface area contributed by atoms with Crippen molar-refractivity contribution in [3.8, 4) is 0 Å². The Morgan fingerprint density at radius 2 is 0.434 bits per heavy atom. The summed E-state index contributed by atoms with van der Waals surface area (Å²) in [6.07, 6.45) is 90.5. The summed E-state index contributed by atoms with van der Waals surface area (Å²) in [5.74, 6) is -0.837. The molecule has 0 rings (SSSR count). The standard InChI is InChI=1S/C77H144O6/c1-4-7-10-13-16-19-22-24-26-28-30-32-34-36-38-40-42-44-46-48-50-52-55-58-61-64-67-70-76(79)82-73-74(72-81-75(78)69-66-63-60-57-54-21-18-15-12-9-6-3)83-77(80)71-68-65-62-59-56-53-51-49-47-45-43-41-39-37-35-33-31-29-27-25-23-20-17-14-11-8-5-2/h22,24,28,30,34,36,74H,4-21,23,25-27,29,31-33,35,37-73H2,1-3H3/b24-22-,30-28-,36-34-. The third kappa shape index (κ3) is 70.3. The van der Waals surface area contributed by atoms with E-state index in [4.69, 9.17) is 14.2 Å². The van der Waals surface area contributed by atoms with Gasteiger partial charge in [-0.1, -0.05) is 378 Å². The summed E-state index contributed by atoms with van der Waals surface area (Å²) in [7, 11) is 0. The Labute approximate surface area is 518 Å². The molecule has 0 fully saturated rings. The van der Waals surface area contributed by atoms with E-state index in [1.807, 2.05) is 0 Å². The minimum absolute atomic E-state index is 0.0662. The van der Waals surface area contributed by atoms with E-state index in [9.17, 15) is 14.4 Å². The monoisotopic (exact) mass is 1170 g/mol. The lowest BCUT2D eigenvalue weighted by molar-refractivity contribution is -0.167. The normalized spacial score (nSPS) is 12.2. The highest BCUT2D eigenvalue weighted by atomic mass is 16.6. The molecule has 6 heteroatoms. The molecule has 1 atom stereocenters. The zero-order chi connectivity index (χ0) is 59.9. The fourth-order valence-corrected chi connectivity index (χ4v) is 11.5. The molecule has 0 aliphatic carbocycles. The number of hydrogen-bond donors (Lipinski definition) is 0. The molecule has 0 aliphatic rings. The largest absolute Gasteiger partial charge is 0.462 e. The third-order valence-electron chi connectivity index (χ3n) is 17.1. The van der Waals surface area contributed by atoms with Gasteiger partial charge in [-0.2, -0.15) is 0 Å². The lowest BCUT2D eigenvalue weighted by atomic mass is 10.0. The molecule has 0 aromatic heterocycles. The van der Waals surface area contributed by atoms with E-state index in [-0.39, 0.29) is 31.1 Å². The molecule has 6 nitrogen and oxygen atoms in total. The zero-order valence-electron chi connectivity index (χ0n) is 56.2. The maximum atomic E-state index is 13.0. The summed E-state index contributed by atoms with van der Waals surface area (Å²) >= 11 is 0. The molecule has 1 unspecified atom stereocenters. The topological polar surface area (TPSA) is 78.9 Å². The SMILES string of the molecule is CCCCCCC/C=C\C/C=C\C/C=C\CCCCCCCCCCCCCCC(=O)OCC(COC(=O)CCCCCCCCCCCCC)OC(=O)CCCCCCCCCCCCCCCCCCCCCCCCCCCCC. The number of allylic oxidation sites excluding steroid dienone is 6. The van der Waals surface area contributed by atoms with Gasteiger partial charge in [-0.05, 0) is 57.8 Å². The van der Waals surface area contributed by atoms with Crippen LogP contribution in [0, 0.1) is 0 Å². The molecule has 0 aliphatic heterocycles. The van der Waals surface area contributed by atoms with Gasteiger partial charge in [0.25, 0.3) is 0 Å². The van der Waals surface area contributed by atoms with Gasteiger partial charge in [-0.3, -0.25) is 14.4 Å². The van der Waals surface area contributed by atoms with E-state index in [0.717, 1.165) is 70.6 Å². The molecule has 0 amide bonds. The second kappa shape index (κ2) is 72.1. The zero-order valence-corrected chi connectivity index (χ0v) is 56.2. The van der Waals surface area contributed by atoms with Crippen molar-refractivity contribution in [3.63, 3.8) is 0 Å². The first-order chi connectivity index (χ1) is 41.0. The summed E-state index contributed by atoms with van der Waals surface area (Å²) in [5.41, 5.74) is 0. The van der Waals surface area contributed by atoms with Gasteiger partial charge in [0.05, 0.1) is 0 Å². The van der Waals surface area contributed by atoms with E-state index < -0.39 is 6.10 Å². The first kappa shape index (κ1) is 80.6. The summed E-state index contributed by atoms with van der Waals surface area (Å²) in [5, 5.41) is 0. The molecule has 0 spiro atoms. The van der Waals surface area contributed by atoms with Crippen molar-refractivity contribution in [1.82, 2.24) is 0 Å². The first-order valence-corrected chi connectivity index (χ1v) is 37.5. The molecule has 0 aromatic rings. The van der Waals surface area contributed by atoms with Gasteiger partial charge >= 0.3 is 17.9 Å². The number of carbonyl (C=O) groups is 3. The Morgan fingerprint density at radius 1 is 0.241 bits per heavy atom. The van der Waals surface area contributed by atoms with Gasteiger partial charge in [0.2, 0.25) is 0 Å². The third-order valence-corrected chi connectivity index (χ3v) is 17.1. The van der Waals surface area contributed by atoms with Gasteiger partial charge in [-0.25, -0.2) is 0 Å². The van der Waals surface area contributed by atoms with Crippen LogP contribution in [0.4, 0.5) is 0 Å². The van der Waals surface area contributed by atoms with Gasteiger partial charge < -0.3 is 14.2 Å². The summed E-state index contributed by atoms with van der Waals surface area (Å²) in [4.78, 5) is 38.4. The molecular formula is C77H144O6. The minimum Gasteiger partial charge on any atom is -0.462 e. The number of hydrogen-bond acceptors (Lipinski definition) is 6. The molecular weight excluding hydrogens is 1020 g/mol. The molecule has 0 heterocycles. The minimum atomic E-state index is -0.770. The molecule has 0 bridgehead atoms. The Hall–Kier alpha value is -2.37. The number of unbranched alkanes of at least 4 members (excludes halogenated alkanes) is 53. The van der Waals surface area contributed by atoms with E-state index in [1.165, 1.54) is 308 Å². The average Bonchev–Trinajstić information content (AvgIpc) is 3.48. The molecule has 488 valence electrons. The molecule has 0 saturated heterocycles. The summed E-state index contributed by atoms with van der Waals surface area (Å²) < 4.78 is 17.0. The van der Waals surface area contributed by atoms with Crippen LogP contribution >= 0.6 is 0 Å². The Kier molecular flexibility index (Phi) is 70.0. The fraction of sp³-hybridized carbons (Fsp3) is 0.883. The van der Waals surface area contributed by atoms with E-state index in [1.54, 1.807) is 0 Å². The second-order valence-electron chi connectivity index (χ2n) is 25.6. The van der Waals surface area contributed by atoms with Crippen LogP contribution in [0.3, 0.4) is 0 Å². The molecule has 0 radical (unpaired) electrons. The van der Waals surface area contributed by atoms with Gasteiger partial charge in [0, 0.05) is 19.3 Å². The molecule has 0 saturated carbocycles. The van der Waals surface area contributed by atoms with Gasteiger partial charge in [0.1, 0.15) is 13.2 Å². The van der Waals surface area contributed by atoms with Crippen LogP contribution in [-0.2, 0) is 28.6 Å². The maximum absolute atomic E-state index is 13.0. The second-order valence-corrected chi connectivity index (χ2v) is 25.6. The summed E-state index contributed by atoms with van der Waals surface area (Å²) in [6, 6.07) is 0. The van der Waals surface area contributed by atoms with Gasteiger partial charge in [0.15, 0.2) is 6.10 Å². The molecule has 0 aromatic carbocycles. The quantitative estimate of drug-likeness (QED) is 0.0261. The summed E-state index contributed by atoms with van der Waals surface area (Å²) in [6.45, 7) is 6.70. The van der Waals surface area contributed by atoms with Gasteiger partial charge in [-0.15, -0.1) is 0 Å². The number of ether oxygens (including phenoxy) is 3. The lowest BCUT2D eigenvalue weighted by Crippen LogP contribution is -2.30. The van der Waals surface area contributed by atoms with E-state index >= 15 is 0 Å². The number of esters is 3. The van der Waals surface area contributed by atoms with Crippen LogP contribution in [0.5, 0.6) is 0 Å². The Bertz CT molecular complexity index is 1380. The van der Waals surface area contributed by atoms with Crippen LogP contribution in [0.1, 0.15) is 419 Å². The average molecular weight is 1170 g/mol. The van der Waals surface area contributed by atoms with Crippen molar-refractivity contribution in [2.45, 2.75) is 425 Å².